The number of aromatic nitrogens is 5. The van der Waals surface area contributed by atoms with Crippen LogP contribution in [0.4, 0.5) is 0 Å². The molecule has 0 fully saturated rings. The maximum absolute atomic E-state index is 4.60. The molecular formula is C18H15N5. The van der Waals surface area contributed by atoms with Gasteiger partial charge in [0, 0.05) is 11.8 Å². The average molecular weight is 301 g/mol. The molecule has 5 heteroatoms. The Morgan fingerprint density at radius 2 is 1.52 bits per heavy atom. The first kappa shape index (κ1) is 13.5. The highest BCUT2D eigenvalue weighted by atomic mass is 15.5. The number of rotatable bonds is 4. The zero-order valence-corrected chi connectivity index (χ0v) is 12.4. The summed E-state index contributed by atoms with van der Waals surface area (Å²) in [5, 5.41) is 13.4. The third-order valence-electron chi connectivity index (χ3n) is 3.56. The van der Waals surface area contributed by atoms with Gasteiger partial charge in [-0.2, -0.15) is 20.1 Å². The van der Waals surface area contributed by atoms with Gasteiger partial charge < -0.3 is 0 Å². The second-order valence-corrected chi connectivity index (χ2v) is 5.23. The van der Waals surface area contributed by atoms with Gasteiger partial charge in [-0.25, -0.2) is 0 Å². The Labute approximate surface area is 133 Å². The van der Waals surface area contributed by atoms with Crippen LogP contribution >= 0.6 is 0 Å². The van der Waals surface area contributed by atoms with Crippen molar-refractivity contribution in [3.8, 4) is 16.9 Å². The van der Waals surface area contributed by atoms with Gasteiger partial charge in [-0.1, -0.05) is 48.5 Å². The van der Waals surface area contributed by atoms with E-state index in [2.05, 4.69) is 27.4 Å². The Bertz CT molecular complexity index is 818. The van der Waals surface area contributed by atoms with Crippen molar-refractivity contribution in [1.29, 1.82) is 0 Å². The van der Waals surface area contributed by atoms with Gasteiger partial charge in [-0.15, -0.1) is 0 Å². The van der Waals surface area contributed by atoms with E-state index in [0.29, 0.717) is 6.54 Å². The Morgan fingerprint density at radius 3 is 2.30 bits per heavy atom. The Balaban J connectivity index is 1.53. The van der Waals surface area contributed by atoms with E-state index >= 15 is 0 Å². The van der Waals surface area contributed by atoms with Crippen LogP contribution < -0.4 is 0 Å². The number of nitrogens with zero attached hydrogens (tertiary/aromatic N) is 5. The minimum Gasteiger partial charge on any atom is -0.266 e. The van der Waals surface area contributed by atoms with Crippen LogP contribution in [0.5, 0.6) is 0 Å². The minimum atomic E-state index is 0.597. The highest BCUT2D eigenvalue weighted by Crippen LogP contribution is 2.16. The topological polar surface area (TPSA) is 48.5 Å². The Kier molecular flexibility index (Phi) is 3.44. The van der Waals surface area contributed by atoms with Crippen molar-refractivity contribution in [1.82, 2.24) is 24.8 Å². The first-order chi connectivity index (χ1) is 11.4. The van der Waals surface area contributed by atoms with Gasteiger partial charge in [0.25, 0.3) is 0 Å². The van der Waals surface area contributed by atoms with Gasteiger partial charge in [0.15, 0.2) is 0 Å². The van der Waals surface area contributed by atoms with Crippen molar-refractivity contribution in [3.05, 3.63) is 84.8 Å². The van der Waals surface area contributed by atoms with Gasteiger partial charge in [0.1, 0.15) is 5.69 Å². The van der Waals surface area contributed by atoms with E-state index in [9.17, 15) is 0 Å². The lowest BCUT2D eigenvalue weighted by atomic mass is 10.2. The van der Waals surface area contributed by atoms with Crippen LogP contribution in [0.25, 0.3) is 16.9 Å². The molecule has 0 aliphatic heterocycles. The molecule has 0 saturated heterocycles. The van der Waals surface area contributed by atoms with Crippen molar-refractivity contribution in [2.75, 3.05) is 0 Å². The minimum absolute atomic E-state index is 0.597. The summed E-state index contributed by atoms with van der Waals surface area (Å²) >= 11 is 0. The van der Waals surface area contributed by atoms with E-state index in [1.165, 1.54) is 0 Å². The second kappa shape index (κ2) is 5.88. The van der Waals surface area contributed by atoms with Crippen LogP contribution in [0, 0.1) is 0 Å². The standard InChI is InChI=1S/C18H15N5/c1-3-7-15(8-4-1)18-11-12-22(21-18)14-16-13-19-23(20-16)17-9-5-2-6-10-17/h1-13H,14H2. The van der Waals surface area contributed by atoms with Crippen LogP contribution in [0.2, 0.25) is 0 Å². The highest BCUT2D eigenvalue weighted by Gasteiger charge is 2.06. The summed E-state index contributed by atoms with van der Waals surface area (Å²) in [6.07, 6.45) is 3.74. The molecule has 112 valence electrons. The molecule has 4 rings (SSSR count). The molecule has 5 nitrogen and oxygen atoms in total. The van der Waals surface area contributed by atoms with Crippen LogP contribution in [-0.2, 0) is 6.54 Å². The van der Waals surface area contributed by atoms with Crippen LogP contribution in [0.1, 0.15) is 5.69 Å². The fraction of sp³-hybridized carbons (Fsp3) is 0.0556. The van der Waals surface area contributed by atoms with Crippen LogP contribution in [-0.4, -0.2) is 24.8 Å². The summed E-state index contributed by atoms with van der Waals surface area (Å²) in [6.45, 7) is 0.597. The lowest BCUT2D eigenvalue weighted by molar-refractivity contribution is 0.658. The van der Waals surface area contributed by atoms with Crippen molar-refractivity contribution < 1.29 is 0 Å². The predicted octanol–water partition coefficient (Wildman–Crippen LogP) is 3.18. The van der Waals surface area contributed by atoms with Gasteiger partial charge in [-0.3, -0.25) is 4.68 Å². The smallest absolute Gasteiger partial charge is 0.105 e. The van der Waals surface area contributed by atoms with Crippen molar-refractivity contribution in [2.45, 2.75) is 6.54 Å². The summed E-state index contributed by atoms with van der Waals surface area (Å²) in [5.41, 5.74) is 3.89. The molecule has 0 amide bonds. The Morgan fingerprint density at radius 1 is 0.783 bits per heavy atom. The largest absolute Gasteiger partial charge is 0.266 e. The quantitative estimate of drug-likeness (QED) is 0.581. The SMILES string of the molecule is c1ccc(-c2ccn(Cc3cnn(-c4ccccc4)n3)n2)cc1. The zero-order chi connectivity index (χ0) is 15.5. The van der Waals surface area contributed by atoms with E-state index < -0.39 is 0 Å². The molecule has 0 spiro atoms. The number of hydrogen-bond donors (Lipinski definition) is 0. The molecule has 0 aliphatic rings. The van der Waals surface area contributed by atoms with Crippen molar-refractivity contribution >= 4 is 0 Å². The molecule has 0 bridgehead atoms. The van der Waals surface area contributed by atoms with E-state index in [1.807, 2.05) is 65.5 Å². The average Bonchev–Trinajstić information content (AvgIpc) is 3.27. The molecular weight excluding hydrogens is 286 g/mol. The van der Waals surface area contributed by atoms with Crippen molar-refractivity contribution in [3.63, 3.8) is 0 Å². The lowest BCUT2D eigenvalue weighted by Gasteiger charge is -1.99. The summed E-state index contributed by atoms with van der Waals surface area (Å²) in [6, 6.07) is 22.0. The molecule has 2 aromatic carbocycles. The molecule has 0 N–H and O–H groups in total. The highest BCUT2D eigenvalue weighted by molar-refractivity contribution is 5.57. The first-order valence-corrected chi connectivity index (χ1v) is 7.44. The monoisotopic (exact) mass is 301 g/mol. The molecule has 2 aromatic heterocycles. The zero-order valence-electron chi connectivity index (χ0n) is 12.4. The molecule has 0 aliphatic carbocycles. The molecule has 2 heterocycles. The molecule has 23 heavy (non-hydrogen) atoms. The third-order valence-corrected chi connectivity index (χ3v) is 3.56. The van der Waals surface area contributed by atoms with Crippen LogP contribution in [0.3, 0.4) is 0 Å². The van der Waals surface area contributed by atoms with Gasteiger partial charge in [0.05, 0.1) is 24.1 Å². The Hall–Kier alpha value is -3.21. The molecule has 4 aromatic rings. The number of benzene rings is 2. The molecule has 0 atom stereocenters. The fourth-order valence-corrected chi connectivity index (χ4v) is 2.43. The fourth-order valence-electron chi connectivity index (χ4n) is 2.43. The summed E-state index contributed by atoms with van der Waals surface area (Å²) < 4.78 is 1.88. The van der Waals surface area contributed by atoms with E-state index in [4.69, 9.17) is 0 Å². The third kappa shape index (κ3) is 2.89. The van der Waals surface area contributed by atoms with E-state index in [1.54, 1.807) is 11.0 Å². The van der Waals surface area contributed by atoms with Crippen molar-refractivity contribution in [2.24, 2.45) is 0 Å². The van der Waals surface area contributed by atoms with Crippen LogP contribution in [0.15, 0.2) is 79.1 Å². The summed E-state index contributed by atoms with van der Waals surface area (Å²) in [7, 11) is 0. The maximum Gasteiger partial charge on any atom is 0.105 e. The van der Waals surface area contributed by atoms with Gasteiger partial charge in [-0.05, 0) is 18.2 Å². The van der Waals surface area contributed by atoms with E-state index in [0.717, 1.165) is 22.6 Å². The normalized spacial score (nSPS) is 10.8. The van der Waals surface area contributed by atoms with E-state index in [-0.39, 0.29) is 0 Å². The molecule has 0 radical (unpaired) electrons. The maximum atomic E-state index is 4.60. The predicted molar refractivity (Wildman–Crippen MR) is 88.1 cm³/mol. The molecule has 0 saturated carbocycles. The second-order valence-electron chi connectivity index (χ2n) is 5.23. The van der Waals surface area contributed by atoms with Gasteiger partial charge >= 0.3 is 0 Å². The van der Waals surface area contributed by atoms with Gasteiger partial charge in [0.2, 0.25) is 0 Å². The summed E-state index contributed by atoms with van der Waals surface area (Å²) in [5.74, 6) is 0. The summed E-state index contributed by atoms with van der Waals surface area (Å²) in [4.78, 5) is 1.64. The number of hydrogen-bond acceptors (Lipinski definition) is 3. The number of para-hydroxylation sites is 1. The lowest BCUT2D eigenvalue weighted by Crippen LogP contribution is -2.03. The molecule has 0 unspecified atom stereocenters. The first-order valence-electron chi connectivity index (χ1n) is 7.44.